The van der Waals surface area contributed by atoms with Crippen molar-refractivity contribution in [3.8, 4) is 11.4 Å². The van der Waals surface area contributed by atoms with E-state index < -0.39 is 6.04 Å². The number of nitrogens with zero attached hydrogens (tertiary/aromatic N) is 5. The fourth-order valence-corrected chi connectivity index (χ4v) is 2.84. The molecule has 2 heterocycles. The van der Waals surface area contributed by atoms with Gasteiger partial charge in [-0.05, 0) is 32.0 Å². The molecule has 0 spiro atoms. The van der Waals surface area contributed by atoms with Crippen molar-refractivity contribution in [1.82, 2.24) is 30.4 Å². The van der Waals surface area contributed by atoms with E-state index in [2.05, 4.69) is 20.7 Å². The van der Waals surface area contributed by atoms with E-state index in [4.69, 9.17) is 0 Å². The number of carbonyl (C=O) groups is 1. The van der Waals surface area contributed by atoms with Crippen molar-refractivity contribution >= 4 is 18.3 Å². The molecule has 1 aromatic heterocycles. The van der Waals surface area contributed by atoms with Crippen molar-refractivity contribution in [2.75, 3.05) is 20.1 Å². The largest absolute Gasteiger partial charge is 0.341 e. The minimum Gasteiger partial charge on any atom is -0.341 e. The Hall–Kier alpha value is -1.99. The predicted molar refractivity (Wildman–Crippen MR) is 93.9 cm³/mol. The number of benzene rings is 1. The van der Waals surface area contributed by atoms with Crippen LogP contribution in [-0.2, 0) is 4.79 Å². The van der Waals surface area contributed by atoms with Gasteiger partial charge in [0.15, 0.2) is 0 Å². The molecule has 0 aliphatic carbocycles. The van der Waals surface area contributed by atoms with Crippen LogP contribution in [-0.4, -0.2) is 57.2 Å². The molecule has 1 aliphatic rings. The van der Waals surface area contributed by atoms with Crippen LogP contribution >= 0.6 is 12.4 Å². The highest BCUT2D eigenvalue weighted by atomic mass is 35.5. The predicted octanol–water partition coefficient (Wildman–Crippen LogP) is 1.53. The van der Waals surface area contributed by atoms with Gasteiger partial charge in [-0.15, -0.1) is 22.6 Å². The summed E-state index contributed by atoms with van der Waals surface area (Å²) < 4.78 is 0. The first kappa shape index (κ1) is 18.4. The van der Waals surface area contributed by atoms with Crippen LogP contribution in [0.4, 0.5) is 0 Å². The Morgan fingerprint density at radius 2 is 1.92 bits per heavy atom. The second-order valence-electron chi connectivity index (χ2n) is 5.86. The number of amides is 1. The van der Waals surface area contributed by atoms with Crippen LogP contribution in [0.2, 0.25) is 0 Å². The number of hydrogen-bond acceptors (Lipinski definition) is 5. The van der Waals surface area contributed by atoms with Crippen molar-refractivity contribution in [2.45, 2.75) is 31.8 Å². The van der Waals surface area contributed by atoms with Gasteiger partial charge in [-0.25, -0.2) is 0 Å². The standard InChI is InChI=1S/C16H22N6O.ClH/c1-12(16(23)21-10-8-14(17-2)9-11-21)22-19-15(18-20-22)13-6-4-3-5-7-13;/h3-7,12,14,17H,8-11H2,1-2H3;1H. The Morgan fingerprint density at radius 3 is 2.54 bits per heavy atom. The third-order valence-corrected chi connectivity index (χ3v) is 4.38. The summed E-state index contributed by atoms with van der Waals surface area (Å²) in [5, 5.41) is 15.7. The van der Waals surface area contributed by atoms with Crippen molar-refractivity contribution < 1.29 is 4.79 Å². The molecule has 3 rings (SSSR count). The molecule has 1 amide bonds. The van der Waals surface area contributed by atoms with Crippen LogP contribution in [0.5, 0.6) is 0 Å². The number of carbonyl (C=O) groups excluding carboxylic acids is 1. The molecule has 130 valence electrons. The van der Waals surface area contributed by atoms with Crippen LogP contribution in [0.25, 0.3) is 11.4 Å². The van der Waals surface area contributed by atoms with Gasteiger partial charge in [0.2, 0.25) is 11.7 Å². The minimum absolute atomic E-state index is 0. The third kappa shape index (κ3) is 3.91. The van der Waals surface area contributed by atoms with Gasteiger partial charge >= 0.3 is 0 Å². The first-order valence-corrected chi connectivity index (χ1v) is 8.00. The Bertz CT molecular complexity index is 654. The normalized spacial score (nSPS) is 16.5. The van der Waals surface area contributed by atoms with E-state index in [0.29, 0.717) is 11.9 Å². The summed E-state index contributed by atoms with van der Waals surface area (Å²) in [6.07, 6.45) is 1.96. The number of likely N-dealkylation sites (tertiary alicyclic amines) is 1. The molecule has 0 saturated carbocycles. The Kier molecular flexibility index (Phi) is 6.28. The summed E-state index contributed by atoms with van der Waals surface area (Å²) in [4.78, 5) is 15.9. The fourth-order valence-electron chi connectivity index (χ4n) is 2.84. The van der Waals surface area contributed by atoms with Crippen LogP contribution in [0.1, 0.15) is 25.8 Å². The van der Waals surface area contributed by atoms with Gasteiger partial charge < -0.3 is 10.2 Å². The van der Waals surface area contributed by atoms with Crippen LogP contribution < -0.4 is 5.32 Å². The Morgan fingerprint density at radius 1 is 1.25 bits per heavy atom. The summed E-state index contributed by atoms with van der Waals surface area (Å²) in [6, 6.07) is 9.71. The quantitative estimate of drug-likeness (QED) is 0.905. The maximum absolute atomic E-state index is 12.6. The molecule has 0 radical (unpaired) electrons. The molecule has 7 nitrogen and oxygen atoms in total. The first-order chi connectivity index (χ1) is 11.2. The SMILES string of the molecule is CNC1CCN(C(=O)C(C)n2nnc(-c3ccccc3)n2)CC1.Cl. The number of aromatic nitrogens is 4. The fraction of sp³-hybridized carbons (Fsp3) is 0.500. The molecule has 1 fully saturated rings. The number of hydrogen-bond donors (Lipinski definition) is 1. The zero-order chi connectivity index (χ0) is 16.2. The molecule has 1 unspecified atom stereocenters. The van der Waals surface area contributed by atoms with Gasteiger partial charge in [0.05, 0.1) is 0 Å². The topological polar surface area (TPSA) is 75.9 Å². The van der Waals surface area contributed by atoms with Gasteiger partial charge in [-0.2, -0.15) is 4.80 Å². The zero-order valence-corrected chi connectivity index (χ0v) is 14.7. The Labute approximate surface area is 147 Å². The van der Waals surface area contributed by atoms with E-state index in [0.717, 1.165) is 31.5 Å². The lowest BCUT2D eigenvalue weighted by Gasteiger charge is -2.33. The summed E-state index contributed by atoms with van der Waals surface area (Å²) in [7, 11) is 1.97. The Balaban J connectivity index is 0.00000208. The average Bonchev–Trinajstić information content (AvgIpc) is 3.11. The summed E-state index contributed by atoms with van der Waals surface area (Å²) >= 11 is 0. The second kappa shape index (κ2) is 8.21. The molecule has 1 N–H and O–H groups in total. The van der Waals surface area contributed by atoms with E-state index in [1.807, 2.05) is 49.2 Å². The number of nitrogens with one attached hydrogen (secondary N) is 1. The molecule has 0 bridgehead atoms. The summed E-state index contributed by atoms with van der Waals surface area (Å²) in [6.45, 7) is 3.37. The highest BCUT2D eigenvalue weighted by molar-refractivity contribution is 5.85. The highest BCUT2D eigenvalue weighted by Gasteiger charge is 2.27. The smallest absolute Gasteiger partial charge is 0.249 e. The van der Waals surface area contributed by atoms with Crippen molar-refractivity contribution in [2.24, 2.45) is 0 Å². The van der Waals surface area contributed by atoms with Gasteiger partial charge in [0.25, 0.3) is 0 Å². The second-order valence-corrected chi connectivity index (χ2v) is 5.86. The monoisotopic (exact) mass is 350 g/mol. The third-order valence-electron chi connectivity index (χ3n) is 4.38. The van der Waals surface area contributed by atoms with Crippen molar-refractivity contribution in [1.29, 1.82) is 0 Å². The average molecular weight is 351 g/mol. The zero-order valence-electron chi connectivity index (χ0n) is 13.9. The minimum atomic E-state index is -0.439. The molecule has 24 heavy (non-hydrogen) atoms. The van der Waals surface area contributed by atoms with E-state index in [-0.39, 0.29) is 18.3 Å². The number of piperidine rings is 1. The van der Waals surface area contributed by atoms with Crippen molar-refractivity contribution in [3.05, 3.63) is 30.3 Å². The molecule has 2 aromatic rings. The molecule has 1 aromatic carbocycles. The van der Waals surface area contributed by atoms with E-state index in [1.165, 1.54) is 4.80 Å². The van der Waals surface area contributed by atoms with E-state index in [1.54, 1.807) is 0 Å². The van der Waals surface area contributed by atoms with E-state index in [9.17, 15) is 4.79 Å². The highest BCUT2D eigenvalue weighted by Crippen LogP contribution is 2.17. The molecule has 8 heteroatoms. The van der Waals surface area contributed by atoms with Gasteiger partial charge in [0, 0.05) is 24.7 Å². The van der Waals surface area contributed by atoms with Crippen LogP contribution in [0, 0.1) is 0 Å². The van der Waals surface area contributed by atoms with E-state index >= 15 is 0 Å². The van der Waals surface area contributed by atoms with Crippen LogP contribution in [0.15, 0.2) is 30.3 Å². The van der Waals surface area contributed by atoms with Gasteiger partial charge in [-0.1, -0.05) is 30.3 Å². The number of halogens is 1. The van der Waals surface area contributed by atoms with Gasteiger partial charge in [-0.3, -0.25) is 4.79 Å². The maximum Gasteiger partial charge on any atom is 0.249 e. The lowest BCUT2D eigenvalue weighted by molar-refractivity contribution is -0.136. The molecule has 1 atom stereocenters. The molecular formula is C16H23ClN6O. The lowest BCUT2D eigenvalue weighted by Crippen LogP contribution is -2.46. The number of tetrazole rings is 1. The van der Waals surface area contributed by atoms with Gasteiger partial charge in [0.1, 0.15) is 6.04 Å². The first-order valence-electron chi connectivity index (χ1n) is 8.00. The molecule has 1 aliphatic heterocycles. The lowest BCUT2D eigenvalue weighted by atomic mass is 10.0. The van der Waals surface area contributed by atoms with Crippen molar-refractivity contribution in [3.63, 3.8) is 0 Å². The summed E-state index contributed by atoms with van der Waals surface area (Å²) in [5.74, 6) is 0.593. The summed E-state index contributed by atoms with van der Waals surface area (Å²) in [5.41, 5.74) is 0.897. The van der Waals surface area contributed by atoms with Crippen LogP contribution in [0.3, 0.4) is 0 Å². The molecular weight excluding hydrogens is 328 g/mol. The molecule has 1 saturated heterocycles. The maximum atomic E-state index is 12.6. The number of rotatable bonds is 4.